The average Bonchev–Trinajstić information content (AvgIpc) is 2.64. The maximum absolute atomic E-state index is 10.5. The molecular formula is C12H18BrNOS. The number of nitrogens with zero attached hydrogens (tertiary/aromatic N) is 1. The molecule has 90 valence electrons. The van der Waals surface area contributed by atoms with Gasteiger partial charge in [0.25, 0.3) is 0 Å². The zero-order valence-corrected chi connectivity index (χ0v) is 12.0. The first-order valence-corrected chi connectivity index (χ1v) is 7.46. The van der Waals surface area contributed by atoms with Crippen molar-refractivity contribution in [1.82, 2.24) is 4.90 Å². The summed E-state index contributed by atoms with van der Waals surface area (Å²) in [4.78, 5) is 3.68. The number of piperidine rings is 1. The molecule has 1 aliphatic heterocycles. The van der Waals surface area contributed by atoms with Crippen molar-refractivity contribution in [3.63, 3.8) is 0 Å². The Hall–Kier alpha value is 0.1000. The SMILES string of the molecule is CCN1CCC(O)(Cc2cc(Br)cs2)CC1. The lowest BCUT2D eigenvalue weighted by molar-refractivity contribution is -0.0188. The van der Waals surface area contributed by atoms with Gasteiger partial charge in [-0.2, -0.15) is 0 Å². The Labute approximate surface area is 109 Å². The molecule has 0 radical (unpaired) electrons. The van der Waals surface area contributed by atoms with Crippen molar-refractivity contribution in [2.45, 2.75) is 31.8 Å². The van der Waals surface area contributed by atoms with Gasteiger partial charge in [0.05, 0.1) is 5.60 Å². The maximum atomic E-state index is 10.5. The van der Waals surface area contributed by atoms with Gasteiger partial charge < -0.3 is 10.0 Å². The zero-order valence-electron chi connectivity index (χ0n) is 9.58. The fourth-order valence-electron chi connectivity index (χ4n) is 2.23. The quantitative estimate of drug-likeness (QED) is 0.928. The van der Waals surface area contributed by atoms with E-state index in [2.05, 4.69) is 39.2 Å². The van der Waals surface area contributed by atoms with Crippen molar-refractivity contribution in [3.05, 3.63) is 20.8 Å². The lowest BCUT2D eigenvalue weighted by Gasteiger charge is -2.37. The third kappa shape index (κ3) is 3.06. The van der Waals surface area contributed by atoms with Gasteiger partial charge in [-0.05, 0) is 41.4 Å². The molecule has 1 aromatic heterocycles. The molecule has 0 saturated carbocycles. The Kier molecular flexibility index (Phi) is 4.06. The summed E-state index contributed by atoms with van der Waals surface area (Å²) < 4.78 is 1.13. The van der Waals surface area contributed by atoms with Crippen LogP contribution in [-0.4, -0.2) is 35.2 Å². The number of thiophene rings is 1. The lowest BCUT2D eigenvalue weighted by Crippen LogP contribution is -2.45. The van der Waals surface area contributed by atoms with Gasteiger partial charge in [0, 0.05) is 34.2 Å². The topological polar surface area (TPSA) is 23.5 Å². The molecule has 2 heterocycles. The first-order valence-electron chi connectivity index (χ1n) is 5.79. The molecule has 16 heavy (non-hydrogen) atoms. The van der Waals surface area contributed by atoms with E-state index in [4.69, 9.17) is 0 Å². The Morgan fingerprint density at radius 2 is 2.19 bits per heavy atom. The molecule has 0 spiro atoms. The number of rotatable bonds is 3. The molecule has 1 fully saturated rings. The molecule has 2 nitrogen and oxygen atoms in total. The van der Waals surface area contributed by atoms with E-state index in [1.807, 2.05) is 0 Å². The van der Waals surface area contributed by atoms with Crippen molar-refractivity contribution in [3.8, 4) is 0 Å². The van der Waals surface area contributed by atoms with Crippen LogP contribution in [-0.2, 0) is 6.42 Å². The molecular weight excluding hydrogens is 286 g/mol. The second-order valence-electron chi connectivity index (χ2n) is 4.57. The first kappa shape index (κ1) is 12.6. The fourth-order valence-corrected chi connectivity index (χ4v) is 3.82. The van der Waals surface area contributed by atoms with Crippen LogP contribution in [0.15, 0.2) is 15.9 Å². The molecule has 1 aliphatic rings. The van der Waals surface area contributed by atoms with Crippen LogP contribution in [0.1, 0.15) is 24.6 Å². The highest BCUT2D eigenvalue weighted by atomic mass is 79.9. The van der Waals surface area contributed by atoms with Gasteiger partial charge in [-0.25, -0.2) is 0 Å². The van der Waals surface area contributed by atoms with Crippen LogP contribution >= 0.6 is 27.3 Å². The second-order valence-corrected chi connectivity index (χ2v) is 6.48. The van der Waals surface area contributed by atoms with Crippen molar-refractivity contribution in [1.29, 1.82) is 0 Å². The minimum Gasteiger partial charge on any atom is -0.389 e. The van der Waals surface area contributed by atoms with Crippen LogP contribution in [0.2, 0.25) is 0 Å². The minimum atomic E-state index is -0.476. The smallest absolute Gasteiger partial charge is 0.0720 e. The van der Waals surface area contributed by atoms with E-state index in [0.717, 1.165) is 43.4 Å². The monoisotopic (exact) mass is 303 g/mol. The van der Waals surface area contributed by atoms with E-state index in [1.54, 1.807) is 11.3 Å². The van der Waals surface area contributed by atoms with E-state index < -0.39 is 5.60 Å². The van der Waals surface area contributed by atoms with Gasteiger partial charge in [0.2, 0.25) is 0 Å². The fraction of sp³-hybridized carbons (Fsp3) is 0.667. The molecule has 1 N–H and O–H groups in total. The summed E-state index contributed by atoms with van der Waals surface area (Å²) >= 11 is 5.18. The van der Waals surface area contributed by atoms with E-state index in [-0.39, 0.29) is 0 Å². The summed E-state index contributed by atoms with van der Waals surface area (Å²) in [5.74, 6) is 0. The van der Waals surface area contributed by atoms with Crippen LogP contribution in [0.4, 0.5) is 0 Å². The normalized spacial score (nSPS) is 21.2. The Bertz CT molecular complexity index is 345. The summed E-state index contributed by atoms with van der Waals surface area (Å²) in [6, 6.07) is 2.12. The predicted octanol–water partition coefficient (Wildman–Crippen LogP) is 2.90. The Balaban J connectivity index is 1.94. The second kappa shape index (κ2) is 5.17. The van der Waals surface area contributed by atoms with Crippen LogP contribution in [0, 0.1) is 0 Å². The molecule has 2 rings (SSSR count). The van der Waals surface area contributed by atoms with Gasteiger partial charge in [-0.1, -0.05) is 6.92 Å². The summed E-state index contributed by atoms with van der Waals surface area (Å²) in [7, 11) is 0. The van der Waals surface area contributed by atoms with Gasteiger partial charge in [0.15, 0.2) is 0 Å². The van der Waals surface area contributed by atoms with Crippen molar-refractivity contribution in [2.24, 2.45) is 0 Å². The Morgan fingerprint density at radius 1 is 1.50 bits per heavy atom. The number of hydrogen-bond acceptors (Lipinski definition) is 3. The highest BCUT2D eigenvalue weighted by Crippen LogP contribution is 2.30. The van der Waals surface area contributed by atoms with Crippen molar-refractivity contribution in [2.75, 3.05) is 19.6 Å². The highest BCUT2D eigenvalue weighted by Gasteiger charge is 2.32. The molecule has 0 amide bonds. The molecule has 0 unspecified atom stereocenters. The standard InChI is InChI=1S/C12H18BrNOS/c1-2-14-5-3-12(15,4-6-14)8-11-7-10(13)9-16-11/h7,9,15H,2-6,8H2,1H3. The van der Waals surface area contributed by atoms with Crippen LogP contribution in [0.25, 0.3) is 0 Å². The molecule has 1 aromatic rings. The highest BCUT2D eigenvalue weighted by molar-refractivity contribution is 9.10. The number of hydrogen-bond donors (Lipinski definition) is 1. The molecule has 0 bridgehead atoms. The molecule has 4 heteroatoms. The third-order valence-corrected chi connectivity index (χ3v) is 5.06. The van der Waals surface area contributed by atoms with E-state index in [1.165, 1.54) is 4.88 Å². The Morgan fingerprint density at radius 3 is 2.69 bits per heavy atom. The molecule has 0 atom stereocenters. The zero-order chi connectivity index (χ0) is 11.6. The first-order chi connectivity index (χ1) is 7.61. The van der Waals surface area contributed by atoms with Crippen LogP contribution < -0.4 is 0 Å². The number of aliphatic hydroxyl groups is 1. The molecule has 0 aliphatic carbocycles. The largest absolute Gasteiger partial charge is 0.389 e. The predicted molar refractivity (Wildman–Crippen MR) is 72.0 cm³/mol. The third-order valence-electron chi connectivity index (χ3n) is 3.36. The van der Waals surface area contributed by atoms with E-state index in [0.29, 0.717) is 0 Å². The minimum absolute atomic E-state index is 0.476. The van der Waals surface area contributed by atoms with Crippen LogP contribution in [0.3, 0.4) is 0 Å². The average molecular weight is 304 g/mol. The maximum Gasteiger partial charge on any atom is 0.0720 e. The van der Waals surface area contributed by atoms with Crippen molar-refractivity contribution >= 4 is 27.3 Å². The molecule has 1 saturated heterocycles. The van der Waals surface area contributed by atoms with E-state index in [9.17, 15) is 5.11 Å². The summed E-state index contributed by atoms with van der Waals surface area (Å²) in [6.45, 7) is 5.33. The number of halogens is 1. The van der Waals surface area contributed by atoms with Gasteiger partial charge in [-0.3, -0.25) is 0 Å². The van der Waals surface area contributed by atoms with Crippen LogP contribution in [0.5, 0.6) is 0 Å². The van der Waals surface area contributed by atoms with Gasteiger partial charge in [0.1, 0.15) is 0 Å². The van der Waals surface area contributed by atoms with Crippen molar-refractivity contribution < 1.29 is 5.11 Å². The summed E-state index contributed by atoms with van der Waals surface area (Å²) in [6.07, 6.45) is 2.60. The number of likely N-dealkylation sites (tertiary alicyclic amines) is 1. The summed E-state index contributed by atoms with van der Waals surface area (Å²) in [5.41, 5.74) is -0.476. The summed E-state index contributed by atoms with van der Waals surface area (Å²) in [5, 5.41) is 12.6. The lowest BCUT2D eigenvalue weighted by atomic mass is 9.88. The molecule has 0 aromatic carbocycles. The van der Waals surface area contributed by atoms with Gasteiger partial charge in [-0.15, -0.1) is 11.3 Å². The van der Waals surface area contributed by atoms with E-state index >= 15 is 0 Å². The van der Waals surface area contributed by atoms with Gasteiger partial charge >= 0.3 is 0 Å².